The maximum absolute atomic E-state index is 12.9. The van der Waals surface area contributed by atoms with Crippen molar-refractivity contribution < 1.29 is 13.6 Å². The minimum Gasteiger partial charge on any atom is -0.309 e. The molecule has 1 rings (SSSR count). The van der Waals surface area contributed by atoms with Gasteiger partial charge >= 0.3 is 7.60 Å². The Kier molecular flexibility index (Phi) is 6.66. The highest BCUT2D eigenvalue weighted by atomic mass is 31.2. The van der Waals surface area contributed by atoms with Gasteiger partial charge in [-0.25, -0.2) is 0 Å². The number of benzene rings is 1. The first-order valence-corrected chi connectivity index (χ1v) is 10.2. The summed E-state index contributed by atoms with van der Waals surface area (Å²) in [7, 11) is -3.09. The molecule has 0 bridgehead atoms. The quantitative estimate of drug-likeness (QED) is 0.592. The highest BCUT2D eigenvalue weighted by Gasteiger charge is 2.27. The van der Waals surface area contributed by atoms with Crippen LogP contribution in [0.5, 0.6) is 0 Å². The van der Waals surface area contributed by atoms with Crippen LogP contribution in [0.2, 0.25) is 0 Å². The van der Waals surface area contributed by atoms with Gasteiger partial charge in [0.25, 0.3) is 0 Å². The second kappa shape index (κ2) is 7.51. The fourth-order valence-corrected chi connectivity index (χ4v) is 4.07. The molecule has 0 heterocycles. The Morgan fingerprint density at radius 2 is 1.22 bits per heavy atom. The van der Waals surface area contributed by atoms with Gasteiger partial charge in [0.1, 0.15) is 0 Å². The largest absolute Gasteiger partial charge is 0.335 e. The van der Waals surface area contributed by atoms with Crippen LogP contribution in [0.15, 0.2) is 18.2 Å². The second-order valence-electron chi connectivity index (χ2n) is 8.02. The van der Waals surface area contributed by atoms with E-state index in [1.54, 1.807) is 0 Å². The van der Waals surface area contributed by atoms with Gasteiger partial charge in [-0.3, -0.25) is 4.57 Å². The molecule has 0 fully saturated rings. The summed E-state index contributed by atoms with van der Waals surface area (Å²) in [6.07, 6.45) is 0.321. The lowest BCUT2D eigenvalue weighted by atomic mass is 9.80. The van der Waals surface area contributed by atoms with Crippen LogP contribution < -0.4 is 0 Å². The molecule has 0 spiro atoms. The van der Waals surface area contributed by atoms with E-state index in [1.807, 2.05) is 13.8 Å². The first-order valence-electron chi connectivity index (χ1n) is 8.44. The summed E-state index contributed by atoms with van der Waals surface area (Å²) in [5.74, 6) is 0. The Balaban J connectivity index is 3.32. The van der Waals surface area contributed by atoms with E-state index >= 15 is 0 Å². The molecule has 3 nitrogen and oxygen atoms in total. The Morgan fingerprint density at radius 1 is 0.826 bits per heavy atom. The minimum atomic E-state index is -3.09. The smallest absolute Gasteiger partial charge is 0.309 e. The SMILES string of the molecule is CCOP(=O)(Cc1cc(C(C)(C)C)cc(C(C)(C)C)c1)OCC. The zero-order valence-corrected chi connectivity index (χ0v) is 16.9. The van der Waals surface area contributed by atoms with E-state index < -0.39 is 7.60 Å². The van der Waals surface area contributed by atoms with Crippen molar-refractivity contribution in [3.8, 4) is 0 Å². The molecule has 0 radical (unpaired) electrons. The zero-order valence-electron chi connectivity index (χ0n) is 16.0. The molecule has 0 aromatic heterocycles. The second-order valence-corrected chi connectivity index (χ2v) is 10.1. The van der Waals surface area contributed by atoms with Crippen molar-refractivity contribution in [1.82, 2.24) is 0 Å². The van der Waals surface area contributed by atoms with Gasteiger partial charge in [-0.15, -0.1) is 0 Å². The van der Waals surface area contributed by atoms with Gasteiger partial charge < -0.3 is 9.05 Å². The van der Waals surface area contributed by atoms with Crippen molar-refractivity contribution in [2.24, 2.45) is 0 Å². The van der Waals surface area contributed by atoms with Gasteiger partial charge in [0.15, 0.2) is 0 Å². The van der Waals surface area contributed by atoms with Crippen LogP contribution in [0.1, 0.15) is 72.1 Å². The van der Waals surface area contributed by atoms with Gasteiger partial charge in [0, 0.05) is 0 Å². The molecule has 0 aliphatic carbocycles. The molecule has 4 heteroatoms. The molecular weight excluding hydrogens is 307 g/mol. The summed E-state index contributed by atoms with van der Waals surface area (Å²) in [5, 5.41) is 0. The summed E-state index contributed by atoms with van der Waals surface area (Å²) >= 11 is 0. The molecule has 0 amide bonds. The van der Waals surface area contributed by atoms with Crippen LogP contribution in [0.3, 0.4) is 0 Å². The van der Waals surface area contributed by atoms with E-state index in [1.165, 1.54) is 11.1 Å². The average Bonchev–Trinajstić information content (AvgIpc) is 2.36. The van der Waals surface area contributed by atoms with E-state index in [2.05, 4.69) is 59.7 Å². The highest BCUT2D eigenvalue weighted by Crippen LogP contribution is 2.51. The summed E-state index contributed by atoms with van der Waals surface area (Å²) in [5.41, 5.74) is 3.60. The normalized spacial score (nSPS) is 13.4. The van der Waals surface area contributed by atoms with Crippen molar-refractivity contribution in [2.75, 3.05) is 13.2 Å². The first kappa shape index (κ1) is 20.4. The predicted octanol–water partition coefficient (Wildman–Crippen LogP) is 6.05. The summed E-state index contributed by atoms with van der Waals surface area (Å²) in [6.45, 7) is 17.7. The van der Waals surface area contributed by atoms with Crippen LogP contribution in [-0.4, -0.2) is 13.2 Å². The third-order valence-corrected chi connectivity index (χ3v) is 5.81. The van der Waals surface area contributed by atoms with Gasteiger partial charge in [-0.1, -0.05) is 59.7 Å². The molecular formula is C19H33O3P. The topological polar surface area (TPSA) is 35.5 Å². The van der Waals surface area contributed by atoms with Crippen LogP contribution in [0, 0.1) is 0 Å². The van der Waals surface area contributed by atoms with Crippen LogP contribution in [-0.2, 0) is 30.6 Å². The highest BCUT2D eigenvalue weighted by molar-refractivity contribution is 7.53. The van der Waals surface area contributed by atoms with E-state index in [0.717, 1.165) is 5.56 Å². The Morgan fingerprint density at radius 3 is 1.52 bits per heavy atom. The molecule has 0 N–H and O–H groups in total. The lowest BCUT2D eigenvalue weighted by molar-refractivity contribution is 0.219. The van der Waals surface area contributed by atoms with E-state index in [4.69, 9.17) is 9.05 Å². The van der Waals surface area contributed by atoms with Crippen LogP contribution >= 0.6 is 7.60 Å². The summed E-state index contributed by atoms with van der Waals surface area (Å²) in [6, 6.07) is 6.54. The molecule has 0 aliphatic rings. The molecule has 0 unspecified atom stereocenters. The van der Waals surface area contributed by atoms with E-state index in [9.17, 15) is 4.57 Å². The molecule has 1 aromatic rings. The lowest BCUT2D eigenvalue weighted by Crippen LogP contribution is -2.17. The van der Waals surface area contributed by atoms with Gasteiger partial charge in [0.2, 0.25) is 0 Å². The van der Waals surface area contributed by atoms with Crippen molar-refractivity contribution in [2.45, 2.75) is 72.4 Å². The first-order chi connectivity index (χ1) is 10.4. The third kappa shape index (κ3) is 6.06. The molecule has 132 valence electrons. The Hall–Kier alpha value is -0.630. The number of hydrogen-bond acceptors (Lipinski definition) is 3. The fraction of sp³-hybridized carbons (Fsp3) is 0.684. The molecule has 0 atom stereocenters. The number of rotatable bonds is 6. The fourth-order valence-electron chi connectivity index (χ4n) is 2.39. The molecule has 0 aliphatic heterocycles. The molecule has 1 aromatic carbocycles. The summed E-state index contributed by atoms with van der Waals surface area (Å²) < 4.78 is 23.8. The van der Waals surface area contributed by atoms with E-state index in [0.29, 0.717) is 19.4 Å². The van der Waals surface area contributed by atoms with Gasteiger partial charge in [-0.2, -0.15) is 0 Å². The lowest BCUT2D eigenvalue weighted by Gasteiger charge is -2.27. The van der Waals surface area contributed by atoms with Crippen molar-refractivity contribution in [3.63, 3.8) is 0 Å². The number of hydrogen-bond donors (Lipinski definition) is 0. The Labute approximate surface area is 142 Å². The predicted molar refractivity (Wildman–Crippen MR) is 98.4 cm³/mol. The standard InChI is InChI=1S/C19H33O3P/c1-9-21-23(20,22-10-2)14-15-11-16(18(3,4)5)13-17(12-15)19(6,7)8/h11-13H,9-10,14H2,1-8H3. The van der Waals surface area contributed by atoms with Crippen molar-refractivity contribution in [3.05, 3.63) is 34.9 Å². The minimum absolute atomic E-state index is 0.0389. The molecule has 23 heavy (non-hydrogen) atoms. The zero-order chi connectivity index (χ0) is 17.9. The van der Waals surface area contributed by atoms with Crippen molar-refractivity contribution >= 4 is 7.60 Å². The van der Waals surface area contributed by atoms with Crippen LogP contribution in [0.4, 0.5) is 0 Å². The van der Waals surface area contributed by atoms with Gasteiger partial charge in [0.05, 0.1) is 19.4 Å². The Bertz CT molecular complexity index is 523. The monoisotopic (exact) mass is 340 g/mol. The van der Waals surface area contributed by atoms with Crippen molar-refractivity contribution in [1.29, 1.82) is 0 Å². The molecule has 0 saturated carbocycles. The van der Waals surface area contributed by atoms with E-state index in [-0.39, 0.29) is 10.8 Å². The van der Waals surface area contributed by atoms with Crippen LogP contribution in [0.25, 0.3) is 0 Å². The maximum atomic E-state index is 12.9. The average molecular weight is 340 g/mol. The third-order valence-electron chi connectivity index (χ3n) is 3.75. The maximum Gasteiger partial charge on any atom is 0.335 e. The summed E-state index contributed by atoms with van der Waals surface area (Å²) in [4.78, 5) is 0. The van der Waals surface area contributed by atoms with Gasteiger partial charge in [-0.05, 0) is 41.4 Å². The molecule has 0 saturated heterocycles.